The van der Waals surface area contributed by atoms with Crippen molar-refractivity contribution in [3.63, 3.8) is 0 Å². The number of rotatable bonds is 3. The van der Waals surface area contributed by atoms with Gasteiger partial charge < -0.3 is 0 Å². The maximum Gasteiger partial charge on any atom is 0.108 e. The van der Waals surface area contributed by atoms with Crippen LogP contribution in [0.25, 0.3) is 0 Å². The van der Waals surface area contributed by atoms with Gasteiger partial charge in [0.15, 0.2) is 0 Å². The fraction of sp³-hybridized carbons (Fsp3) is 0.571. The molecule has 11 heavy (non-hydrogen) atoms. The zero-order valence-electron chi connectivity index (χ0n) is 6.79. The Bertz CT molecular complexity index is 219. The van der Waals surface area contributed by atoms with Crippen LogP contribution in [0, 0.1) is 0 Å². The minimum absolute atomic E-state index is 0.512. The lowest BCUT2D eigenvalue weighted by Crippen LogP contribution is -2.20. The normalized spacial score (nSPS) is 10.9. The predicted molar refractivity (Wildman–Crippen MR) is 47.2 cm³/mol. The molecular weight excluding hydrogens is 158 g/mol. The van der Waals surface area contributed by atoms with Crippen molar-refractivity contribution in [1.82, 2.24) is 10.4 Å². The average Bonchev–Trinajstić information content (AvgIpc) is 2.37. The van der Waals surface area contributed by atoms with Crippen LogP contribution in [0.2, 0.25) is 0 Å². The maximum absolute atomic E-state index is 5.16. The monoisotopic (exact) mass is 171 g/mol. The Hall–Kier alpha value is -0.450. The van der Waals surface area contributed by atoms with Crippen LogP contribution in [-0.2, 0) is 6.54 Å². The first-order valence-electron chi connectivity index (χ1n) is 3.61. The van der Waals surface area contributed by atoms with E-state index in [1.54, 1.807) is 11.3 Å². The molecule has 4 heteroatoms. The number of hydrogen-bond donors (Lipinski definition) is 2. The van der Waals surface area contributed by atoms with Gasteiger partial charge in [-0.1, -0.05) is 13.8 Å². The molecule has 0 radical (unpaired) electrons. The molecule has 3 nitrogen and oxygen atoms in total. The molecule has 0 aliphatic heterocycles. The van der Waals surface area contributed by atoms with E-state index in [2.05, 4.69) is 29.6 Å². The molecule has 0 aromatic carbocycles. The van der Waals surface area contributed by atoms with Crippen molar-refractivity contribution in [3.8, 4) is 0 Å². The molecule has 1 aromatic rings. The van der Waals surface area contributed by atoms with Gasteiger partial charge in [-0.25, -0.2) is 4.98 Å². The summed E-state index contributed by atoms with van der Waals surface area (Å²) < 4.78 is 0. The summed E-state index contributed by atoms with van der Waals surface area (Å²) in [5.74, 6) is 5.67. The molecule has 3 N–H and O–H groups in total. The van der Waals surface area contributed by atoms with Gasteiger partial charge in [0.05, 0.1) is 12.2 Å². The lowest BCUT2D eigenvalue weighted by molar-refractivity contribution is 0.726. The van der Waals surface area contributed by atoms with Crippen molar-refractivity contribution in [3.05, 3.63) is 16.1 Å². The van der Waals surface area contributed by atoms with E-state index >= 15 is 0 Å². The van der Waals surface area contributed by atoms with Crippen LogP contribution in [0.1, 0.15) is 30.5 Å². The number of hydrazine groups is 1. The van der Waals surface area contributed by atoms with Gasteiger partial charge in [-0.05, 0) is 5.92 Å². The van der Waals surface area contributed by atoms with Crippen LogP contribution >= 0.6 is 11.3 Å². The highest BCUT2D eigenvalue weighted by atomic mass is 32.1. The molecule has 0 saturated carbocycles. The van der Waals surface area contributed by atoms with Crippen molar-refractivity contribution in [2.45, 2.75) is 26.3 Å². The molecule has 1 aromatic heterocycles. The summed E-state index contributed by atoms with van der Waals surface area (Å²) in [5.41, 5.74) is 3.74. The zero-order chi connectivity index (χ0) is 8.27. The van der Waals surface area contributed by atoms with Gasteiger partial charge in [-0.15, -0.1) is 11.3 Å². The number of thiazole rings is 1. The number of nitrogens with two attached hydrogens (primary N) is 1. The molecular formula is C7H13N3S. The standard InChI is InChI=1S/C7H13N3S/c1-5(2)6-4-11-7(10-6)3-9-8/h4-5,9H,3,8H2,1-2H3. The number of aromatic nitrogens is 1. The summed E-state index contributed by atoms with van der Waals surface area (Å²) in [7, 11) is 0. The van der Waals surface area contributed by atoms with Gasteiger partial charge in [0, 0.05) is 5.38 Å². The highest BCUT2D eigenvalue weighted by molar-refractivity contribution is 7.09. The van der Waals surface area contributed by atoms with E-state index in [1.165, 1.54) is 0 Å². The summed E-state index contributed by atoms with van der Waals surface area (Å²) >= 11 is 1.65. The summed E-state index contributed by atoms with van der Waals surface area (Å²) in [4.78, 5) is 4.38. The second-order valence-electron chi connectivity index (χ2n) is 2.70. The van der Waals surface area contributed by atoms with Gasteiger partial charge in [0.1, 0.15) is 5.01 Å². The number of nitrogens with one attached hydrogen (secondary N) is 1. The third kappa shape index (κ3) is 2.25. The van der Waals surface area contributed by atoms with Crippen molar-refractivity contribution in [2.75, 3.05) is 0 Å². The first kappa shape index (κ1) is 8.64. The van der Waals surface area contributed by atoms with Crippen LogP contribution < -0.4 is 11.3 Å². The van der Waals surface area contributed by atoms with E-state index in [1.807, 2.05) is 0 Å². The topological polar surface area (TPSA) is 50.9 Å². The Morgan fingerprint density at radius 3 is 2.91 bits per heavy atom. The minimum atomic E-state index is 0.512. The molecule has 0 amide bonds. The number of nitrogens with zero attached hydrogens (tertiary/aromatic N) is 1. The van der Waals surface area contributed by atoms with E-state index in [-0.39, 0.29) is 0 Å². The highest BCUT2D eigenvalue weighted by Crippen LogP contribution is 2.17. The molecule has 1 heterocycles. The summed E-state index contributed by atoms with van der Waals surface area (Å²) in [6.45, 7) is 4.93. The van der Waals surface area contributed by atoms with Gasteiger partial charge >= 0.3 is 0 Å². The maximum atomic E-state index is 5.16. The lowest BCUT2D eigenvalue weighted by Gasteiger charge is -1.96. The molecule has 0 unspecified atom stereocenters. The first-order valence-corrected chi connectivity index (χ1v) is 4.49. The quantitative estimate of drug-likeness (QED) is 0.531. The smallest absolute Gasteiger partial charge is 0.108 e. The Labute approximate surface area is 70.6 Å². The largest absolute Gasteiger partial charge is 0.271 e. The van der Waals surface area contributed by atoms with E-state index in [9.17, 15) is 0 Å². The van der Waals surface area contributed by atoms with Crippen molar-refractivity contribution in [2.24, 2.45) is 5.84 Å². The highest BCUT2D eigenvalue weighted by Gasteiger charge is 2.03. The SMILES string of the molecule is CC(C)c1csc(CNN)n1. The van der Waals surface area contributed by atoms with Gasteiger partial charge in [0.25, 0.3) is 0 Å². The molecule has 0 atom stereocenters. The van der Waals surface area contributed by atoms with Crippen LogP contribution in [0.4, 0.5) is 0 Å². The lowest BCUT2D eigenvalue weighted by atomic mass is 10.2. The number of hydrogen-bond acceptors (Lipinski definition) is 4. The van der Waals surface area contributed by atoms with E-state index < -0.39 is 0 Å². The summed E-state index contributed by atoms with van der Waals surface area (Å²) in [6.07, 6.45) is 0. The van der Waals surface area contributed by atoms with Crippen molar-refractivity contribution < 1.29 is 0 Å². The van der Waals surface area contributed by atoms with Crippen molar-refractivity contribution >= 4 is 11.3 Å². The molecule has 0 aliphatic rings. The summed E-state index contributed by atoms with van der Waals surface area (Å²) in [6, 6.07) is 0. The van der Waals surface area contributed by atoms with E-state index in [0.29, 0.717) is 12.5 Å². The molecule has 1 rings (SSSR count). The Morgan fingerprint density at radius 2 is 2.45 bits per heavy atom. The van der Waals surface area contributed by atoms with E-state index in [0.717, 1.165) is 10.7 Å². The fourth-order valence-corrected chi connectivity index (χ4v) is 1.67. The molecule has 0 spiro atoms. The third-order valence-electron chi connectivity index (χ3n) is 1.41. The predicted octanol–water partition coefficient (Wildman–Crippen LogP) is 1.23. The zero-order valence-corrected chi connectivity index (χ0v) is 7.61. The average molecular weight is 171 g/mol. The molecule has 0 bridgehead atoms. The van der Waals surface area contributed by atoms with Crippen LogP contribution in [-0.4, -0.2) is 4.98 Å². The second-order valence-corrected chi connectivity index (χ2v) is 3.64. The summed E-state index contributed by atoms with van der Waals surface area (Å²) in [5, 5.41) is 3.13. The van der Waals surface area contributed by atoms with Gasteiger partial charge in [-0.3, -0.25) is 11.3 Å². The molecule has 0 fully saturated rings. The van der Waals surface area contributed by atoms with E-state index in [4.69, 9.17) is 5.84 Å². The molecule has 62 valence electrons. The molecule has 0 aliphatic carbocycles. The second kappa shape index (κ2) is 3.80. The van der Waals surface area contributed by atoms with Crippen LogP contribution in [0.15, 0.2) is 5.38 Å². The van der Waals surface area contributed by atoms with Gasteiger partial charge in [0.2, 0.25) is 0 Å². The minimum Gasteiger partial charge on any atom is -0.271 e. The Morgan fingerprint density at radius 1 is 1.73 bits per heavy atom. The Kier molecular flexibility index (Phi) is 2.99. The van der Waals surface area contributed by atoms with Gasteiger partial charge in [-0.2, -0.15) is 0 Å². The Balaban J connectivity index is 2.66. The molecule has 0 saturated heterocycles. The van der Waals surface area contributed by atoms with Crippen LogP contribution in [0.3, 0.4) is 0 Å². The van der Waals surface area contributed by atoms with Crippen LogP contribution in [0.5, 0.6) is 0 Å². The fourth-order valence-electron chi connectivity index (χ4n) is 0.759. The van der Waals surface area contributed by atoms with Crippen molar-refractivity contribution in [1.29, 1.82) is 0 Å². The third-order valence-corrected chi connectivity index (χ3v) is 2.28. The first-order chi connectivity index (χ1) is 5.24.